The van der Waals surface area contributed by atoms with Crippen LogP contribution in [0.2, 0.25) is 5.02 Å². The molecule has 110 valence electrons. The van der Waals surface area contributed by atoms with E-state index >= 15 is 0 Å². The lowest BCUT2D eigenvalue weighted by Crippen LogP contribution is -2.35. The Morgan fingerprint density at radius 1 is 1.05 bits per heavy atom. The minimum Gasteiger partial charge on any atom is -0.207 e. The molecule has 1 N–H and O–H groups in total. The van der Waals surface area contributed by atoms with Gasteiger partial charge in [-0.1, -0.05) is 35.9 Å². The van der Waals surface area contributed by atoms with Gasteiger partial charge in [0, 0.05) is 0 Å². The van der Waals surface area contributed by atoms with Crippen molar-refractivity contribution in [3.8, 4) is 0 Å². The summed E-state index contributed by atoms with van der Waals surface area (Å²) in [6, 6.07) is 12.2. The van der Waals surface area contributed by atoms with Crippen LogP contribution in [0.5, 0.6) is 0 Å². The van der Waals surface area contributed by atoms with Gasteiger partial charge in [-0.25, -0.2) is 17.5 Å². The fourth-order valence-electron chi connectivity index (χ4n) is 2.32. The molecule has 0 unspecified atom stereocenters. The van der Waals surface area contributed by atoms with Crippen molar-refractivity contribution in [1.29, 1.82) is 0 Å². The monoisotopic (exact) mass is 325 g/mol. The number of rotatable bonds is 4. The average Bonchev–Trinajstić information content (AvgIpc) is 3.19. The molecular weight excluding hydrogens is 313 g/mol. The summed E-state index contributed by atoms with van der Waals surface area (Å²) in [5, 5.41) is 0.180. The molecule has 6 heteroatoms. The molecule has 0 aromatic heterocycles. The van der Waals surface area contributed by atoms with E-state index in [1.165, 1.54) is 24.3 Å². The Labute approximate surface area is 127 Å². The van der Waals surface area contributed by atoms with Crippen molar-refractivity contribution in [2.75, 3.05) is 0 Å². The summed E-state index contributed by atoms with van der Waals surface area (Å²) in [5.74, 6) is -0.344. The fraction of sp³-hybridized carbons (Fsp3) is 0.200. The second kappa shape index (κ2) is 5.09. The molecule has 0 spiro atoms. The number of hydrogen-bond acceptors (Lipinski definition) is 2. The standard InChI is InChI=1S/C15H13ClFNO2S/c16-13-3-1-2-4-14(13)21(19,20)18-15(9-10-15)11-5-7-12(17)8-6-11/h1-8,18H,9-10H2. The smallest absolute Gasteiger partial charge is 0.207 e. The van der Waals surface area contributed by atoms with Crippen LogP contribution in [0.4, 0.5) is 4.39 Å². The van der Waals surface area contributed by atoms with Crippen molar-refractivity contribution >= 4 is 21.6 Å². The van der Waals surface area contributed by atoms with Gasteiger partial charge in [0.05, 0.1) is 10.6 Å². The summed E-state index contributed by atoms with van der Waals surface area (Å²) in [7, 11) is -3.72. The molecule has 1 saturated carbocycles. The van der Waals surface area contributed by atoms with Gasteiger partial charge in [0.1, 0.15) is 10.7 Å². The number of halogens is 2. The minimum absolute atomic E-state index is 0.0556. The molecule has 1 aliphatic carbocycles. The van der Waals surface area contributed by atoms with Gasteiger partial charge in [-0.15, -0.1) is 0 Å². The maximum atomic E-state index is 13.0. The third kappa shape index (κ3) is 2.81. The summed E-state index contributed by atoms with van der Waals surface area (Å²) >= 11 is 5.96. The number of nitrogens with one attached hydrogen (secondary N) is 1. The zero-order chi connectivity index (χ0) is 15.1. The van der Waals surface area contributed by atoms with Crippen molar-refractivity contribution in [1.82, 2.24) is 4.72 Å². The molecule has 3 nitrogen and oxygen atoms in total. The molecule has 1 aliphatic rings. The molecule has 2 aromatic carbocycles. The van der Waals surface area contributed by atoms with Crippen LogP contribution in [0.15, 0.2) is 53.4 Å². The van der Waals surface area contributed by atoms with E-state index in [1.807, 2.05) is 0 Å². The predicted octanol–water partition coefficient (Wildman–Crippen LogP) is 3.45. The highest BCUT2D eigenvalue weighted by atomic mass is 35.5. The van der Waals surface area contributed by atoms with Crippen molar-refractivity contribution in [3.63, 3.8) is 0 Å². The lowest BCUT2D eigenvalue weighted by Gasteiger charge is -2.18. The lowest BCUT2D eigenvalue weighted by atomic mass is 10.1. The van der Waals surface area contributed by atoms with Gasteiger partial charge in [-0.05, 0) is 42.7 Å². The van der Waals surface area contributed by atoms with Gasteiger partial charge >= 0.3 is 0 Å². The Morgan fingerprint density at radius 3 is 2.24 bits per heavy atom. The van der Waals surface area contributed by atoms with Gasteiger partial charge in [0.2, 0.25) is 10.0 Å². The molecule has 0 heterocycles. The Balaban J connectivity index is 1.93. The quantitative estimate of drug-likeness (QED) is 0.936. The first-order valence-electron chi connectivity index (χ1n) is 6.48. The second-order valence-corrected chi connectivity index (χ2v) is 7.18. The molecule has 0 atom stereocenters. The first kappa shape index (κ1) is 14.5. The van der Waals surface area contributed by atoms with Gasteiger partial charge < -0.3 is 0 Å². The van der Waals surface area contributed by atoms with Crippen LogP contribution < -0.4 is 4.72 Å². The van der Waals surface area contributed by atoms with E-state index in [4.69, 9.17) is 11.6 Å². The van der Waals surface area contributed by atoms with E-state index in [0.717, 1.165) is 5.56 Å². The zero-order valence-corrected chi connectivity index (χ0v) is 12.6. The molecule has 1 fully saturated rings. The largest absolute Gasteiger partial charge is 0.242 e. The number of benzene rings is 2. The average molecular weight is 326 g/mol. The molecule has 3 rings (SSSR count). The van der Waals surface area contributed by atoms with Crippen molar-refractivity contribution in [2.24, 2.45) is 0 Å². The van der Waals surface area contributed by atoms with E-state index in [9.17, 15) is 12.8 Å². The summed E-state index contributed by atoms with van der Waals surface area (Å²) in [6.45, 7) is 0. The predicted molar refractivity (Wildman–Crippen MR) is 79.1 cm³/mol. The van der Waals surface area contributed by atoms with Crippen molar-refractivity contribution in [2.45, 2.75) is 23.3 Å². The molecular formula is C15H13ClFNO2S. The molecule has 21 heavy (non-hydrogen) atoms. The van der Waals surface area contributed by atoms with E-state index in [0.29, 0.717) is 12.8 Å². The Kier molecular flexibility index (Phi) is 3.51. The third-order valence-corrected chi connectivity index (χ3v) is 5.64. The normalized spacial score (nSPS) is 16.7. The van der Waals surface area contributed by atoms with Gasteiger partial charge in [-0.3, -0.25) is 0 Å². The van der Waals surface area contributed by atoms with E-state index in [1.54, 1.807) is 24.3 Å². The Hall–Kier alpha value is -1.43. The molecule has 2 aromatic rings. The van der Waals surface area contributed by atoms with E-state index < -0.39 is 15.6 Å². The number of hydrogen-bond donors (Lipinski definition) is 1. The highest BCUT2D eigenvalue weighted by Crippen LogP contribution is 2.46. The van der Waals surface area contributed by atoms with Crippen molar-refractivity contribution < 1.29 is 12.8 Å². The summed E-state index contributed by atoms with van der Waals surface area (Å²) in [4.78, 5) is 0.0556. The number of sulfonamides is 1. The van der Waals surface area contributed by atoms with Crippen LogP contribution in [-0.4, -0.2) is 8.42 Å². The van der Waals surface area contributed by atoms with Crippen LogP contribution in [0, 0.1) is 5.82 Å². The maximum Gasteiger partial charge on any atom is 0.242 e. The highest BCUT2D eigenvalue weighted by molar-refractivity contribution is 7.89. The lowest BCUT2D eigenvalue weighted by molar-refractivity contribution is 0.551. The summed E-state index contributed by atoms with van der Waals surface area (Å²) < 4.78 is 40.7. The maximum absolute atomic E-state index is 13.0. The highest BCUT2D eigenvalue weighted by Gasteiger charge is 2.47. The van der Waals surface area contributed by atoms with Gasteiger partial charge in [0.15, 0.2) is 0 Å². The third-order valence-electron chi connectivity index (χ3n) is 3.60. The van der Waals surface area contributed by atoms with E-state index in [2.05, 4.69) is 4.72 Å². The van der Waals surface area contributed by atoms with E-state index in [-0.39, 0.29) is 15.7 Å². The summed E-state index contributed by atoms with van der Waals surface area (Å²) in [5.41, 5.74) is 0.116. The fourth-order valence-corrected chi connectivity index (χ4v) is 4.29. The summed E-state index contributed by atoms with van der Waals surface area (Å²) in [6.07, 6.45) is 1.37. The molecule has 0 saturated heterocycles. The first-order valence-corrected chi connectivity index (χ1v) is 8.34. The van der Waals surface area contributed by atoms with Crippen LogP contribution >= 0.6 is 11.6 Å². The van der Waals surface area contributed by atoms with Crippen molar-refractivity contribution in [3.05, 3.63) is 64.9 Å². The molecule has 0 amide bonds. The van der Waals surface area contributed by atoms with Crippen LogP contribution in [-0.2, 0) is 15.6 Å². The topological polar surface area (TPSA) is 46.2 Å². The SMILES string of the molecule is O=S(=O)(NC1(c2ccc(F)cc2)CC1)c1ccccc1Cl. The van der Waals surface area contributed by atoms with Crippen LogP contribution in [0.25, 0.3) is 0 Å². The Morgan fingerprint density at radius 2 is 1.67 bits per heavy atom. The van der Waals surface area contributed by atoms with Crippen LogP contribution in [0.1, 0.15) is 18.4 Å². The zero-order valence-electron chi connectivity index (χ0n) is 11.0. The minimum atomic E-state index is -3.72. The molecule has 0 aliphatic heterocycles. The van der Waals surface area contributed by atoms with Gasteiger partial charge in [-0.2, -0.15) is 0 Å². The van der Waals surface area contributed by atoms with Crippen LogP contribution in [0.3, 0.4) is 0 Å². The molecule has 0 radical (unpaired) electrons. The molecule has 0 bridgehead atoms. The van der Waals surface area contributed by atoms with Gasteiger partial charge in [0.25, 0.3) is 0 Å². The Bertz CT molecular complexity index is 771. The first-order chi connectivity index (χ1) is 9.93. The second-order valence-electron chi connectivity index (χ2n) is 5.12.